The van der Waals surface area contributed by atoms with Gasteiger partial charge in [0.25, 0.3) is 0 Å². The Balaban J connectivity index is 3.29. The van der Waals surface area contributed by atoms with Crippen molar-refractivity contribution in [1.29, 1.82) is 0 Å². The molecule has 2 N–H and O–H groups in total. The highest BCUT2D eigenvalue weighted by atomic mass is 35.5. The zero-order valence-electron chi connectivity index (χ0n) is 11.1. The first-order valence-corrected chi connectivity index (χ1v) is 6.43. The summed E-state index contributed by atoms with van der Waals surface area (Å²) in [6.45, 7) is 9.71. The molecule has 0 aromatic heterocycles. The van der Waals surface area contributed by atoms with Crippen LogP contribution in [0, 0.1) is 0 Å². The van der Waals surface area contributed by atoms with E-state index in [2.05, 4.69) is 26.8 Å². The summed E-state index contributed by atoms with van der Waals surface area (Å²) in [6, 6.07) is 4.11. The predicted molar refractivity (Wildman–Crippen MR) is 74.1 cm³/mol. The van der Waals surface area contributed by atoms with Crippen molar-refractivity contribution in [2.24, 2.45) is 5.73 Å². The molecule has 1 aromatic carbocycles. The van der Waals surface area contributed by atoms with E-state index in [1.165, 1.54) is 5.56 Å². The molecule has 3 heteroatoms. The van der Waals surface area contributed by atoms with Gasteiger partial charge >= 0.3 is 0 Å². The number of halogens is 1. The maximum atomic E-state index is 6.29. The summed E-state index contributed by atoms with van der Waals surface area (Å²) >= 11 is 6.29. The molecule has 0 spiro atoms. The summed E-state index contributed by atoms with van der Waals surface area (Å²) in [4.78, 5) is 0. The number of hydrogen-bond acceptors (Lipinski definition) is 2. The summed E-state index contributed by atoms with van der Waals surface area (Å²) in [5, 5.41) is 0.683. The van der Waals surface area contributed by atoms with Gasteiger partial charge in [-0.2, -0.15) is 0 Å². The second-order valence-electron chi connectivity index (χ2n) is 5.18. The van der Waals surface area contributed by atoms with Crippen molar-refractivity contribution < 1.29 is 4.74 Å². The highest BCUT2D eigenvalue weighted by Gasteiger charge is 2.22. The molecule has 17 heavy (non-hydrogen) atoms. The van der Waals surface area contributed by atoms with Crippen LogP contribution in [0.5, 0.6) is 5.75 Å². The van der Waals surface area contributed by atoms with E-state index in [1.807, 2.05) is 13.0 Å². The van der Waals surface area contributed by atoms with Crippen molar-refractivity contribution >= 4 is 11.6 Å². The van der Waals surface area contributed by atoms with Crippen LogP contribution in [0.15, 0.2) is 12.1 Å². The molecular formula is C14H22ClNO. The van der Waals surface area contributed by atoms with Crippen LogP contribution in [0.3, 0.4) is 0 Å². The third-order valence-electron chi connectivity index (χ3n) is 2.63. The van der Waals surface area contributed by atoms with E-state index < -0.39 is 0 Å². The zero-order valence-corrected chi connectivity index (χ0v) is 11.9. The molecule has 0 radical (unpaired) electrons. The van der Waals surface area contributed by atoms with Gasteiger partial charge in [0, 0.05) is 5.56 Å². The summed E-state index contributed by atoms with van der Waals surface area (Å²) in [6.07, 6.45) is 0.842. The molecule has 96 valence electrons. The van der Waals surface area contributed by atoms with Crippen LogP contribution in [0.2, 0.25) is 5.02 Å². The molecule has 0 unspecified atom stereocenters. The van der Waals surface area contributed by atoms with Gasteiger partial charge < -0.3 is 10.5 Å². The van der Waals surface area contributed by atoms with Gasteiger partial charge in [-0.05, 0) is 36.9 Å². The Labute approximate surface area is 109 Å². The Morgan fingerprint density at radius 3 is 2.41 bits per heavy atom. The van der Waals surface area contributed by atoms with Crippen LogP contribution in [0.25, 0.3) is 0 Å². The second-order valence-corrected chi connectivity index (χ2v) is 5.58. The van der Waals surface area contributed by atoms with Crippen molar-refractivity contribution in [3.8, 4) is 5.75 Å². The van der Waals surface area contributed by atoms with Crippen LogP contribution in [0.4, 0.5) is 0 Å². The highest BCUT2D eigenvalue weighted by Crippen LogP contribution is 2.38. The predicted octanol–water partition coefficient (Wildman–Crippen LogP) is 3.54. The average molecular weight is 256 g/mol. The molecule has 0 saturated heterocycles. The molecule has 0 aliphatic carbocycles. The Kier molecular flexibility index (Phi) is 4.84. The minimum absolute atomic E-state index is 0.0127. The van der Waals surface area contributed by atoms with Crippen molar-refractivity contribution in [2.75, 3.05) is 13.2 Å². The van der Waals surface area contributed by atoms with Crippen molar-refractivity contribution in [2.45, 2.75) is 39.5 Å². The minimum atomic E-state index is 0.0127. The normalized spacial score (nSPS) is 11.6. The third kappa shape index (κ3) is 3.62. The van der Waals surface area contributed by atoms with Crippen LogP contribution in [0.1, 0.15) is 38.8 Å². The molecule has 1 rings (SSSR count). The topological polar surface area (TPSA) is 35.2 Å². The third-order valence-corrected chi connectivity index (χ3v) is 2.91. The molecule has 0 bridgehead atoms. The zero-order chi connectivity index (χ0) is 13.1. The fraction of sp³-hybridized carbons (Fsp3) is 0.571. The van der Waals surface area contributed by atoms with Crippen LogP contribution < -0.4 is 10.5 Å². The van der Waals surface area contributed by atoms with Crippen molar-refractivity contribution in [3.05, 3.63) is 28.3 Å². The van der Waals surface area contributed by atoms with Crippen LogP contribution in [-0.4, -0.2) is 13.2 Å². The van der Waals surface area contributed by atoms with Crippen molar-refractivity contribution in [1.82, 2.24) is 0 Å². The summed E-state index contributed by atoms with van der Waals surface area (Å²) in [5.41, 5.74) is 7.93. The monoisotopic (exact) mass is 255 g/mol. The molecule has 2 nitrogen and oxygen atoms in total. The SMILES string of the molecule is CCOc1c(Cl)cc(CCN)cc1C(C)(C)C. The van der Waals surface area contributed by atoms with E-state index in [9.17, 15) is 0 Å². The minimum Gasteiger partial charge on any atom is -0.492 e. The lowest BCUT2D eigenvalue weighted by Crippen LogP contribution is -2.15. The Morgan fingerprint density at radius 2 is 1.94 bits per heavy atom. The Morgan fingerprint density at radius 1 is 1.29 bits per heavy atom. The summed E-state index contributed by atoms with van der Waals surface area (Å²) < 4.78 is 5.66. The molecule has 0 atom stereocenters. The average Bonchev–Trinajstić information content (AvgIpc) is 2.20. The van der Waals surface area contributed by atoms with Crippen LogP contribution >= 0.6 is 11.6 Å². The van der Waals surface area contributed by atoms with Gasteiger partial charge in [0.05, 0.1) is 11.6 Å². The van der Waals surface area contributed by atoms with E-state index in [1.54, 1.807) is 0 Å². The Bertz CT molecular complexity index is 383. The van der Waals surface area contributed by atoms with Gasteiger partial charge in [0.1, 0.15) is 5.75 Å². The fourth-order valence-corrected chi connectivity index (χ4v) is 2.11. The smallest absolute Gasteiger partial charge is 0.141 e. The van der Waals surface area contributed by atoms with Gasteiger partial charge in [-0.15, -0.1) is 0 Å². The van der Waals surface area contributed by atoms with Gasteiger partial charge in [-0.3, -0.25) is 0 Å². The second kappa shape index (κ2) is 5.74. The maximum Gasteiger partial charge on any atom is 0.141 e. The fourth-order valence-electron chi connectivity index (χ4n) is 1.81. The Hall–Kier alpha value is -0.730. The molecular weight excluding hydrogens is 234 g/mol. The number of rotatable bonds is 4. The molecule has 0 fully saturated rings. The highest BCUT2D eigenvalue weighted by molar-refractivity contribution is 6.32. The molecule has 0 amide bonds. The van der Waals surface area contributed by atoms with Gasteiger partial charge in [-0.25, -0.2) is 0 Å². The van der Waals surface area contributed by atoms with Gasteiger partial charge in [0.15, 0.2) is 0 Å². The molecule has 0 heterocycles. The van der Waals surface area contributed by atoms with E-state index in [0.717, 1.165) is 17.7 Å². The van der Waals surface area contributed by atoms with Gasteiger partial charge in [0.2, 0.25) is 0 Å². The molecule has 0 aliphatic rings. The number of benzene rings is 1. The molecule has 1 aromatic rings. The summed E-state index contributed by atoms with van der Waals surface area (Å²) in [7, 11) is 0. The van der Waals surface area contributed by atoms with E-state index in [4.69, 9.17) is 22.1 Å². The molecule has 0 aliphatic heterocycles. The lowest BCUT2D eigenvalue weighted by molar-refractivity contribution is 0.330. The quantitative estimate of drug-likeness (QED) is 0.893. The standard InChI is InChI=1S/C14H22ClNO/c1-5-17-13-11(14(2,3)4)8-10(6-7-16)9-12(13)15/h8-9H,5-7,16H2,1-4H3. The lowest BCUT2D eigenvalue weighted by atomic mass is 9.85. The van der Waals surface area contributed by atoms with E-state index in [0.29, 0.717) is 18.2 Å². The van der Waals surface area contributed by atoms with Gasteiger partial charge in [-0.1, -0.05) is 38.4 Å². The summed E-state index contributed by atoms with van der Waals surface area (Å²) in [5.74, 6) is 0.808. The maximum absolute atomic E-state index is 6.29. The number of nitrogens with two attached hydrogens (primary N) is 1. The first-order chi connectivity index (χ1) is 7.90. The first-order valence-electron chi connectivity index (χ1n) is 6.06. The number of hydrogen-bond donors (Lipinski definition) is 1. The lowest BCUT2D eigenvalue weighted by Gasteiger charge is -2.24. The van der Waals surface area contributed by atoms with E-state index in [-0.39, 0.29) is 5.41 Å². The van der Waals surface area contributed by atoms with Crippen molar-refractivity contribution in [3.63, 3.8) is 0 Å². The van der Waals surface area contributed by atoms with Crippen LogP contribution in [-0.2, 0) is 11.8 Å². The number of ether oxygens (including phenoxy) is 1. The largest absolute Gasteiger partial charge is 0.492 e. The molecule has 0 saturated carbocycles. The van der Waals surface area contributed by atoms with E-state index >= 15 is 0 Å². The first kappa shape index (κ1) is 14.3.